The number of piperidine rings is 1. The Bertz CT molecular complexity index is 1080. The molecule has 1 aliphatic heterocycles. The van der Waals surface area contributed by atoms with Crippen LogP contribution in [0.5, 0.6) is 0 Å². The molecule has 0 bridgehead atoms. The van der Waals surface area contributed by atoms with Crippen molar-refractivity contribution in [3.63, 3.8) is 0 Å². The lowest BCUT2D eigenvalue weighted by molar-refractivity contribution is -0.135. The van der Waals surface area contributed by atoms with Gasteiger partial charge in [-0.25, -0.2) is 0 Å². The van der Waals surface area contributed by atoms with Crippen LogP contribution in [0.4, 0.5) is 5.69 Å². The van der Waals surface area contributed by atoms with Crippen LogP contribution in [0.1, 0.15) is 37.3 Å². The lowest BCUT2D eigenvalue weighted by Gasteiger charge is -2.32. The summed E-state index contributed by atoms with van der Waals surface area (Å²) in [6.07, 6.45) is 6.07. The minimum atomic E-state index is -0.612. The fourth-order valence-corrected chi connectivity index (χ4v) is 4.65. The zero-order valence-electron chi connectivity index (χ0n) is 18.9. The number of para-hydroxylation sites is 2. The van der Waals surface area contributed by atoms with Crippen LogP contribution in [-0.4, -0.2) is 47.9 Å². The predicted octanol–water partition coefficient (Wildman–Crippen LogP) is 3.86. The van der Waals surface area contributed by atoms with Crippen molar-refractivity contribution >= 4 is 28.4 Å². The number of likely N-dealkylation sites (N-methyl/N-ethyl adjacent to an activating group) is 1. The Morgan fingerprint density at radius 1 is 1.03 bits per heavy atom. The summed E-state index contributed by atoms with van der Waals surface area (Å²) in [7, 11) is 1.82. The number of carbonyl (C=O) groups is 2. The molecule has 0 unspecified atom stereocenters. The Morgan fingerprint density at radius 3 is 2.53 bits per heavy atom. The van der Waals surface area contributed by atoms with Gasteiger partial charge < -0.3 is 20.1 Å². The monoisotopic (exact) mass is 432 g/mol. The molecule has 1 saturated heterocycles. The number of rotatable bonds is 7. The van der Waals surface area contributed by atoms with Crippen molar-refractivity contribution in [2.45, 2.75) is 45.2 Å². The summed E-state index contributed by atoms with van der Waals surface area (Å²) < 4.78 is 0. The van der Waals surface area contributed by atoms with Gasteiger partial charge in [0.25, 0.3) is 0 Å². The van der Waals surface area contributed by atoms with Gasteiger partial charge in [0.15, 0.2) is 0 Å². The molecule has 0 aliphatic carbocycles. The zero-order valence-corrected chi connectivity index (χ0v) is 18.9. The Morgan fingerprint density at radius 2 is 1.75 bits per heavy atom. The molecule has 2 heterocycles. The lowest BCUT2D eigenvalue weighted by Crippen LogP contribution is -2.47. The Balaban J connectivity index is 1.52. The van der Waals surface area contributed by atoms with Crippen molar-refractivity contribution in [2.75, 3.05) is 25.0 Å². The summed E-state index contributed by atoms with van der Waals surface area (Å²) in [5.74, 6) is -0.288. The summed E-state index contributed by atoms with van der Waals surface area (Å²) in [6.45, 7) is 4.09. The first-order valence-corrected chi connectivity index (χ1v) is 11.4. The van der Waals surface area contributed by atoms with Crippen LogP contribution < -0.4 is 10.2 Å². The lowest BCUT2D eigenvalue weighted by atomic mass is 10.0. The van der Waals surface area contributed by atoms with Crippen LogP contribution in [0.3, 0.4) is 0 Å². The average molecular weight is 433 g/mol. The van der Waals surface area contributed by atoms with Crippen molar-refractivity contribution in [2.24, 2.45) is 0 Å². The van der Waals surface area contributed by atoms with E-state index in [1.54, 1.807) is 4.90 Å². The van der Waals surface area contributed by atoms with Crippen LogP contribution in [0.25, 0.3) is 10.9 Å². The molecule has 4 rings (SSSR count). The van der Waals surface area contributed by atoms with Crippen molar-refractivity contribution < 1.29 is 9.59 Å². The maximum atomic E-state index is 13.4. The van der Waals surface area contributed by atoms with E-state index >= 15 is 0 Å². The van der Waals surface area contributed by atoms with Crippen molar-refractivity contribution in [1.82, 2.24) is 15.2 Å². The van der Waals surface area contributed by atoms with Gasteiger partial charge in [-0.3, -0.25) is 9.59 Å². The molecular formula is C26H32N4O2. The van der Waals surface area contributed by atoms with E-state index in [1.807, 2.05) is 43.6 Å². The molecular weight excluding hydrogens is 400 g/mol. The first-order chi connectivity index (χ1) is 15.5. The molecule has 0 saturated carbocycles. The van der Waals surface area contributed by atoms with Gasteiger partial charge in [0.05, 0.1) is 0 Å². The van der Waals surface area contributed by atoms with E-state index in [0.717, 1.165) is 35.1 Å². The molecule has 2 amide bonds. The molecule has 6 heteroatoms. The van der Waals surface area contributed by atoms with E-state index in [2.05, 4.69) is 33.4 Å². The van der Waals surface area contributed by atoms with Gasteiger partial charge in [0, 0.05) is 62.8 Å². The van der Waals surface area contributed by atoms with Gasteiger partial charge in [0.1, 0.15) is 6.04 Å². The standard InChI is InChI=1S/C26H32N4O2/c1-19(31)28-24(16-21-17-27-23-12-6-5-11-22(21)23)26(32)29(2)18-20-10-4-7-13-25(20)30-14-8-3-9-15-30/h4-7,10-13,17,24,27H,3,8-9,14-16,18H2,1-2H3,(H,28,31)/t24-/m0/s1. The van der Waals surface area contributed by atoms with Gasteiger partial charge >= 0.3 is 0 Å². The number of benzene rings is 2. The number of nitrogens with one attached hydrogen (secondary N) is 2. The molecule has 1 aromatic heterocycles. The number of amides is 2. The summed E-state index contributed by atoms with van der Waals surface area (Å²) >= 11 is 0. The molecule has 1 atom stereocenters. The number of anilines is 1. The van der Waals surface area contributed by atoms with Crippen LogP contribution in [0, 0.1) is 0 Å². The average Bonchev–Trinajstić information content (AvgIpc) is 3.21. The topological polar surface area (TPSA) is 68.4 Å². The van der Waals surface area contributed by atoms with Gasteiger partial charge in [0.2, 0.25) is 11.8 Å². The quantitative estimate of drug-likeness (QED) is 0.596. The second-order valence-corrected chi connectivity index (χ2v) is 8.69. The second kappa shape index (κ2) is 9.90. The van der Waals surface area contributed by atoms with E-state index in [4.69, 9.17) is 0 Å². The minimum Gasteiger partial charge on any atom is -0.371 e. The van der Waals surface area contributed by atoms with Crippen molar-refractivity contribution in [3.05, 3.63) is 65.9 Å². The first kappa shape index (κ1) is 21.9. The SMILES string of the molecule is CC(=O)N[C@@H](Cc1c[nH]c2ccccc12)C(=O)N(C)Cc1ccccc1N1CCCCC1. The Hall–Kier alpha value is -3.28. The van der Waals surface area contributed by atoms with Gasteiger partial charge in [-0.15, -0.1) is 0 Å². The summed E-state index contributed by atoms with van der Waals surface area (Å²) in [5.41, 5.74) is 4.40. The van der Waals surface area contributed by atoms with Crippen LogP contribution in [0.2, 0.25) is 0 Å². The van der Waals surface area contributed by atoms with Crippen LogP contribution >= 0.6 is 0 Å². The normalized spacial score (nSPS) is 14.9. The number of H-pyrrole nitrogens is 1. The van der Waals surface area contributed by atoms with E-state index in [9.17, 15) is 9.59 Å². The zero-order chi connectivity index (χ0) is 22.5. The molecule has 32 heavy (non-hydrogen) atoms. The predicted molar refractivity (Wildman–Crippen MR) is 129 cm³/mol. The largest absolute Gasteiger partial charge is 0.371 e. The number of hydrogen-bond acceptors (Lipinski definition) is 3. The molecule has 0 radical (unpaired) electrons. The van der Waals surface area contributed by atoms with Crippen molar-refractivity contribution in [3.8, 4) is 0 Å². The molecule has 1 aliphatic rings. The van der Waals surface area contributed by atoms with E-state index in [-0.39, 0.29) is 11.8 Å². The second-order valence-electron chi connectivity index (χ2n) is 8.69. The van der Waals surface area contributed by atoms with Gasteiger partial charge in [-0.2, -0.15) is 0 Å². The fraction of sp³-hybridized carbons (Fsp3) is 0.385. The number of nitrogens with zero attached hydrogens (tertiary/aromatic N) is 2. The molecule has 2 N–H and O–H groups in total. The van der Waals surface area contributed by atoms with E-state index in [1.165, 1.54) is 31.9 Å². The Kier molecular flexibility index (Phi) is 6.78. The highest BCUT2D eigenvalue weighted by Crippen LogP contribution is 2.25. The number of hydrogen-bond donors (Lipinski definition) is 2. The molecule has 6 nitrogen and oxygen atoms in total. The summed E-state index contributed by atoms with van der Waals surface area (Å²) in [4.78, 5) is 32.7. The number of aromatic nitrogens is 1. The molecule has 1 fully saturated rings. The third-order valence-corrected chi connectivity index (χ3v) is 6.25. The molecule has 168 valence electrons. The number of carbonyl (C=O) groups excluding carboxylic acids is 2. The number of aromatic amines is 1. The van der Waals surface area contributed by atoms with Gasteiger partial charge in [-0.05, 0) is 42.5 Å². The van der Waals surface area contributed by atoms with Crippen LogP contribution in [0.15, 0.2) is 54.7 Å². The summed E-state index contributed by atoms with van der Waals surface area (Å²) in [6, 6.07) is 15.7. The first-order valence-electron chi connectivity index (χ1n) is 11.4. The van der Waals surface area contributed by atoms with Crippen LogP contribution in [-0.2, 0) is 22.6 Å². The fourth-order valence-electron chi connectivity index (χ4n) is 4.65. The summed E-state index contributed by atoms with van der Waals surface area (Å²) in [5, 5.41) is 3.95. The number of fused-ring (bicyclic) bond motifs is 1. The van der Waals surface area contributed by atoms with Gasteiger partial charge in [-0.1, -0.05) is 36.4 Å². The highest BCUT2D eigenvalue weighted by atomic mass is 16.2. The Labute approximate surface area is 189 Å². The third-order valence-electron chi connectivity index (χ3n) is 6.25. The van der Waals surface area contributed by atoms with E-state index in [0.29, 0.717) is 13.0 Å². The molecule has 3 aromatic rings. The van der Waals surface area contributed by atoms with E-state index < -0.39 is 6.04 Å². The molecule has 0 spiro atoms. The minimum absolute atomic E-state index is 0.0843. The smallest absolute Gasteiger partial charge is 0.245 e. The maximum absolute atomic E-state index is 13.4. The highest BCUT2D eigenvalue weighted by molar-refractivity contribution is 5.89. The van der Waals surface area contributed by atoms with Crippen molar-refractivity contribution in [1.29, 1.82) is 0 Å². The maximum Gasteiger partial charge on any atom is 0.245 e. The third kappa shape index (κ3) is 4.96. The molecule has 2 aromatic carbocycles. The highest BCUT2D eigenvalue weighted by Gasteiger charge is 2.25.